The summed E-state index contributed by atoms with van der Waals surface area (Å²) < 4.78 is 0. The van der Waals surface area contributed by atoms with Crippen LogP contribution in [0.2, 0.25) is 0 Å². The van der Waals surface area contributed by atoms with E-state index in [4.69, 9.17) is 4.84 Å². The highest BCUT2D eigenvalue weighted by Crippen LogP contribution is 2.65. The van der Waals surface area contributed by atoms with Crippen molar-refractivity contribution >= 4 is 11.6 Å². The van der Waals surface area contributed by atoms with E-state index in [0.29, 0.717) is 18.4 Å². The van der Waals surface area contributed by atoms with Gasteiger partial charge in [0, 0.05) is 6.20 Å². The molecule has 5 rings (SSSR count). The van der Waals surface area contributed by atoms with Crippen molar-refractivity contribution in [2.45, 2.75) is 77.9 Å². The summed E-state index contributed by atoms with van der Waals surface area (Å²) >= 11 is 0. The Hall–Kier alpha value is -2.21. The highest BCUT2D eigenvalue weighted by Gasteiger charge is 2.58. The molecule has 0 bridgehead atoms. The van der Waals surface area contributed by atoms with Crippen molar-refractivity contribution in [3.63, 3.8) is 0 Å². The number of nitrogens with one attached hydrogen (secondary N) is 1. The first-order valence-electron chi connectivity index (χ1n) is 12.6. The maximum Gasteiger partial charge on any atom is 0.261 e. The highest BCUT2D eigenvalue weighted by atomic mass is 16.6. The summed E-state index contributed by atoms with van der Waals surface area (Å²) in [6, 6.07) is 5.63. The summed E-state index contributed by atoms with van der Waals surface area (Å²) in [6.07, 6.45) is 12.7. The monoisotopic (exact) mass is 451 g/mol. The zero-order valence-electron chi connectivity index (χ0n) is 19.9. The number of pyridine rings is 1. The van der Waals surface area contributed by atoms with E-state index in [-0.39, 0.29) is 29.4 Å². The largest absolute Gasteiger partial charge is 0.393 e. The van der Waals surface area contributed by atoms with Crippen LogP contribution in [0.5, 0.6) is 0 Å². The number of hydrogen-bond donors (Lipinski definition) is 2. The van der Waals surface area contributed by atoms with Gasteiger partial charge in [0.25, 0.3) is 5.91 Å². The number of carbonyl (C=O) groups excluding carboxylic acids is 1. The first kappa shape index (κ1) is 22.6. The number of hydrogen-bond acceptors (Lipinski definition) is 5. The quantitative estimate of drug-likeness (QED) is 0.650. The summed E-state index contributed by atoms with van der Waals surface area (Å²) in [5.41, 5.74) is 3.65. The van der Waals surface area contributed by atoms with Gasteiger partial charge in [0.15, 0.2) is 6.61 Å². The number of aliphatic hydroxyl groups is 1. The lowest BCUT2D eigenvalue weighted by atomic mass is 9.47. The summed E-state index contributed by atoms with van der Waals surface area (Å²) in [5.74, 6) is 1.93. The lowest BCUT2D eigenvalue weighted by Gasteiger charge is -2.57. The number of rotatable bonds is 5. The van der Waals surface area contributed by atoms with Crippen molar-refractivity contribution in [3.05, 3.63) is 41.7 Å². The van der Waals surface area contributed by atoms with Crippen LogP contribution in [-0.2, 0) is 16.2 Å². The molecule has 4 aliphatic carbocycles. The molecule has 3 saturated carbocycles. The topological polar surface area (TPSA) is 83.8 Å². The molecule has 6 heteroatoms. The molecule has 1 heterocycles. The van der Waals surface area contributed by atoms with Crippen LogP contribution < -0.4 is 5.32 Å². The molecule has 33 heavy (non-hydrogen) atoms. The predicted octanol–water partition coefficient (Wildman–Crippen LogP) is 4.39. The van der Waals surface area contributed by atoms with Crippen LogP contribution in [0.1, 0.15) is 70.9 Å². The molecule has 0 aliphatic heterocycles. The van der Waals surface area contributed by atoms with Crippen molar-refractivity contribution in [1.29, 1.82) is 0 Å². The number of allylic oxidation sites excluding steroid dienone is 2. The van der Waals surface area contributed by atoms with Gasteiger partial charge in [0.2, 0.25) is 0 Å². The summed E-state index contributed by atoms with van der Waals surface area (Å²) in [6.45, 7) is 5.12. The number of nitrogens with zero attached hydrogens (tertiary/aromatic N) is 2. The van der Waals surface area contributed by atoms with Crippen molar-refractivity contribution in [1.82, 2.24) is 10.3 Å². The fourth-order valence-corrected chi connectivity index (χ4v) is 7.53. The molecule has 0 aromatic carbocycles. The average Bonchev–Trinajstić information content (AvgIpc) is 3.13. The van der Waals surface area contributed by atoms with Crippen LogP contribution in [0.15, 0.2) is 41.2 Å². The van der Waals surface area contributed by atoms with Gasteiger partial charge < -0.3 is 15.3 Å². The van der Waals surface area contributed by atoms with Crippen molar-refractivity contribution in [3.8, 4) is 0 Å². The third-order valence-electron chi connectivity index (χ3n) is 9.50. The number of aliphatic hydroxyl groups excluding tert-OH is 1. The molecule has 0 saturated heterocycles. The molecule has 2 N–H and O–H groups in total. The van der Waals surface area contributed by atoms with Crippen molar-refractivity contribution < 1.29 is 14.7 Å². The number of fused-ring (bicyclic) bond motifs is 5. The molecule has 3 fully saturated rings. The Balaban J connectivity index is 1.19. The standard InChI is InChI=1S/C27H37N3O3/c1-26-12-10-19(30-33-17-25(32)29-16-20-5-3-4-14-28-20)15-18(26)6-7-21-22-8-9-24(31)27(22,2)13-11-23(21)26/h3-5,14-15,21-24,31H,6-13,16-17H2,1-2H3,(H,29,32)/t21-,22-,23-,24?,26-,27-/m0/s1. The average molecular weight is 452 g/mol. The van der Waals surface area contributed by atoms with Gasteiger partial charge in [-0.2, -0.15) is 0 Å². The van der Waals surface area contributed by atoms with Crippen LogP contribution >= 0.6 is 0 Å². The van der Waals surface area contributed by atoms with Crippen LogP contribution in [0.3, 0.4) is 0 Å². The van der Waals surface area contributed by atoms with Gasteiger partial charge in [-0.15, -0.1) is 0 Å². The zero-order valence-corrected chi connectivity index (χ0v) is 19.9. The van der Waals surface area contributed by atoms with E-state index < -0.39 is 0 Å². The third-order valence-corrected chi connectivity index (χ3v) is 9.50. The lowest BCUT2D eigenvalue weighted by Crippen LogP contribution is -2.51. The van der Waals surface area contributed by atoms with Gasteiger partial charge >= 0.3 is 0 Å². The second kappa shape index (κ2) is 8.86. The van der Waals surface area contributed by atoms with E-state index in [9.17, 15) is 9.90 Å². The summed E-state index contributed by atoms with van der Waals surface area (Å²) in [4.78, 5) is 21.7. The summed E-state index contributed by atoms with van der Waals surface area (Å²) in [7, 11) is 0. The predicted molar refractivity (Wildman–Crippen MR) is 127 cm³/mol. The molecule has 1 aromatic heterocycles. The Kier molecular flexibility index (Phi) is 6.06. The van der Waals surface area contributed by atoms with Crippen LogP contribution in [0.4, 0.5) is 0 Å². The molecule has 1 aromatic rings. The number of amides is 1. The molecule has 0 radical (unpaired) electrons. The smallest absolute Gasteiger partial charge is 0.261 e. The highest BCUT2D eigenvalue weighted by molar-refractivity contribution is 5.96. The number of aromatic nitrogens is 1. The lowest BCUT2D eigenvalue weighted by molar-refractivity contribution is -0.125. The van der Waals surface area contributed by atoms with E-state index in [1.807, 2.05) is 18.2 Å². The minimum atomic E-state index is -0.192. The molecule has 0 spiro atoms. The maximum absolute atomic E-state index is 12.1. The van der Waals surface area contributed by atoms with Crippen molar-refractivity contribution in [2.24, 2.45) is 33.7 Å². The Morgan fingerprint density at radius 3 is 2.88 bits per heavy atom. The van der Waals surface area contributed by atoms with Gasteiger partial charge in [-0.3, -0.25) is 9.78 Å². The Bertz CT molecular complexity index is 945. The van der Waals surface area contributed by atoms with Gasteiger partial charge in [0.05, 0.1) is 24.1 Å². The second-order valence-electron chi connectivity index (χ2n) is 11.1. The first-order chi connectivity index (χ1) is 15.9. The molecule has 1 unspecified atom stereocenters. The molecular formula is C27H37N3O3. The van der Waals surface area contributed by atoms with E-state index in [1.54, 1.807) is 6.20 Å². The summed E-state index contributed by atoms with van der Waals surface area (Å²) in [5, 5.41) is 17.8. The maximum atomic E-state index is 12.1. The zero-order chi connectivity index (χ0) is 23.1. The van der Waals surface area contributed by atoms with Crippen LogP contribution in [-0.4, -0.2) is 34.4 Å². The molecule has 178 valence electrons. The van der Waals surface area contributed by atoms with Crippen molar-refractivity contribution in [2.75, 3.05) is 6.61 Å². The second-order valence-corrected chi connectivity index (χ2v) is 11.1. The fourth-order valence-electron chi connectivity index (χ4n) is 7.53. The van der Waals surface area contributed by atoms with E-state index in [2.05, 4.69) is 35.4 Å². The van der Waals surface area contributed by atoms with Gasteiger partial charge in [-0.05, 0) is 98.2 Å². The van der Waals surface area contributed by atoms with E-state index in [0.717, 1.165) is 49.4 Å². The van der Waals surface area contributed by atoms with Gasteiger partial charge in [-0.25, -0.2) is 0 Å². The molecule has 1 amide bonds. The molecule has 6 atom stereocenters. The minimum absolute atomic E-state index is 0.0793. The Morgan fingerprint density at radius 1 is 1.18 bits per heavy atom. The van der Waals surface area contributed by atoms with E-state index in [1.165, 1.54) is 24.8 Å². The van der Waals surface area contributed by atoms with Gasteiger partial charge in [-0.1, -0.05) is 30.6 Å². The molecule has 6 nitrogen and oxygen atoms in total. The van der Waals surface area contributed by atoms with Crippen LogP contribution in [0, 0.1) is 28.6 Å². The molecular weight excluding hydrogens is 414 g/mol. The Labute approximate surface area is 196 Å². The fraction of sp³-hybridized carbons (Fsp3) is 0.667. The first-order valence-corrected chi connectivity index (χ1v) is 12.6. The number of oxime groups is 1. The van der Waals surface area contributed by atoms with Crippen LogP contribution in [0.25, 0.3) is 0 Å². The van der Waals surface area contributed by atoms with Gasteiger partial charge in [0.1, 0.15) is 0 Å². The minimum Gasteiger partial charge on any atom is -0.393 e. The normalized spacial score (nSPS) is 38.6. The third kappa shape index (κ3) is 4.11. The Morgan fingerprint density at radius 2 is 2.06 bits per heavy atom. The van der Waals surface area contributed by atoms with E-state index >= 15 is 0 Å². The number of carbonyl (C=O) groups is 1. The SMILES string of the molecule is C[C@]12CCC(=NOCC(=O)NCc3ccccn3)C=C1CC[C@@H]1[C@@H]2CC[C@]2(C)C(O)CC[C@@H]12. The molecule has 4 aliphatic rings.